The molecule has 17 heavy (non-hydrogen) atoms. The van der Waals surface area contributed by atoms with E-state index < -0.39 is 0 Å². The maximum Gasteiger partial charge on any atom is 0.0396 e. The summed E-state index contributed by atoms with van der Waals surface area (Å²) in [5.74, 6) is 0. The first-order valence-electron chi connectivity index (χ1n) is 5.93. The summed E-state index contributed by atoms with van der Waals surface area (Å²) < 4.78 is 1.34. The highest BCUT2D eigenvalue weighted by Gasteiger charge is 2.29. The Labute approximate surface area is 107 Å². The van der Waals surface area contributed by atoms with Crippen molar-refractivity contribution in [1.29, 1.82) is 0 Å². The fourth-order valence-corrected chi connectivity index (χ4v) is 3.29. The molecule has 0 amide bonds. The molecule has 0 aliphatic rings. The van der Waals surface area contributed by atoms with Crippen LogP contribution in [0.1, 0.15) is 25.5 Å². The third-order valence-electron chi connectivity index (χ3n) is 3.42. The van der Waals surface area contributed by atoms with Gasteiger partial charge >= 0.3 is 0 Å². The number of nitrogens with one attached hydrogen (secondary N) is 1. The van der Waals surface area contributed by atoms with Crippen LogP contribution in [0.2, 0.25) is 0 Å². The fourth-order valence-electron chi connectivity index (χ4n) is 2.31. The van der Waals surface area contributed by atoms with Crippen molar-refractivity contribution in [2.24, 2.45) is 11.1 Å². The maximum absolute atomic E-state index is 5.90. The zero-order valence-corrected chi connectivity index (χ0v) is 11.5. The Morgan fingerprint density at radius 3 is 2.71 bits per heavy atom. The number of hydrogen-bond acceptors (Lipinski definition) is 3. The quantitative estimate of drug-likeness (QED) is 0.872. The molecule has 1 atom stereocenters. The average molecular weight is 248 g/mol. The Hall–Kier alpha value is -0.900. The molecule has 0 bridgehead atoms. The summed E-state index contributed by atoms with van der Waals surface area (Å²) in [5.41, 5.74) is 7.31. The van der Waals surface area contributed by atoms with Gasteiger partial charge in [0.05, 0.1) is 0 Å². The summed E-state index contributed by atoms with van der Waals surface area (Å²) in [5, 5.41) is 7.01. The van der Waals surface area contributed by atoms with Crippen LogP contribution >= 0.6 is 11.3 Å². The second-order valence-electron chi connectivity index (χ2n) is 5.10. The van der Waals surface area contributed by atoms with E-state index in [-0.39, 0.29) is 5.41 Å². The van der Waals surface area contributed by atoms with Gasteiger partial charge in [-0.1, -0.05) is 32.0 Å². The Morgan fingerprint density at radius 1 is 1.35 bits per heavy atom. The monoisotopic (exact) mass is 248 g/mol. The molecule has 0 saturated heterocycles. The lowest BCUT2D eigenvalue weighted by atomic mass is 9.80. The average Bonchev–Trinajstić information content (AvgIpc) is 2.74. The van der Waals surface area contributed by atoms with Crippen LogP contribution in [0.5, 0.6) is 0 Å². The molecular weight excluding hydrogens is 228 g/mol. The number of fused-ring (bicyclic) bond motifs is 1. The van der Waals surface area contributed by atoms with E-state index in [0.717, 1.165) is 0 Å². The fraction of sp³-hybridized carbons (Fsp3) is 0.429. The van der Waals surface area contributed by atoms with Gasteiger partial charge < -0.3 is 11.1 Å². The minimum absolute atomic E-state index is 0.0542. The number of benzene rings is 1. The largest absolute Gasteiger partial charge is 0.330 e. The summed E-state index contributed by atoms with van der Waals surface area (Å²) in [4.78, 5) is 0. The van der Waals surface area contributed by atoms with Gasteiger partial charge in [-0.25, -0.2) is 0 Å². The molecule has 2 nitrogen and oxygen atoms in total. The van der Waals surface area contributed by atoms with Gasteiger partial charge in [-0.05, 0) is 41.4 Å². The first kappa shape index (κ1) is 12.6. The normalized spacial score (nSPS) is 14.1. The molecule has 92 valence electrons. The third kappa shape index (κ3) is 2.23. The van der Waals surface area contributed by atoms with Gasteiger partial charge in [0.2, 0.25) is 0 Å². The van der Waals surface area contributed by atoms with E-state index in [0.29, 0.717) is 12.6 Å². The molecule has 1 heterocycles. The van der Waals surface area contributed by atoms with Gasteiger partial charge in [0.1, 0.15) is 0 Å². The van der Waals surface area contributed by atoms with Gasteiger partial charge in [-0.3, -0.25) is 0 Å². The summed E-state index contributed by atoms with van der Waals surface area (Å²) in [6.07, 6.45) is 0. The van der Waals surface area contributed by atoms with Crippen molar-refractivity contribution in [1.82, 2.24) is 5.32 Å². The molecule has 0 aliphatic carbocycles. The van der Waals surface area contributed by atoms with Crippen LogP contribution in [-0.2, 0) is 0 Å². The molecule has 1 unspecified atom stereocenters. The molecule has 0 fully saturated rings. The second-order valence-corrected chi connectivity index (χ2v) is 6.01. The highest BCUT2D eigenvalue weighted by molar-refractivity contribution is 7.17. The van der Waals surface area contributed by atoms with Crippen LogP contribution in [0.15, 0.2) is 29.6 Å². The van der Waals surface area contributed by atoms with E-state index in [4.69, 9.17) is 5.73 Å². The van der Waals surface area contributed by atoms with Crippen LogP contribution in [0.4, 0.5) is 0 Å². The molecular formula is C14H20N2S. The summed E-state index contributed by atoms with van der Waals surface area (Å²) in [7, 11) is 2.01. The number of thiophene rings is 1. The molecule has 2 aromatic rings. The zero-order chi connectivity index (χ0) is 12.5. The minimum atomic E-state index is 0.0542. The number of rotatable bonds is 4. The highest BCUT2D eigenvalue weighted by Crippen LogP contribution is 2.38. The van der Waals surface area contributed by atoms with Gasteiger partial charge in [0.15, 0.2) is 0 Å². The predicted octanol–water partition coefficient (Wildman–Crippen LogP) is 3.15. The molecule has 1 aromatic carbocycles. The van der Waals surface area contributed by atoms with E-state index in [1.165, 1.54) is 15.6 Å². The first-order chi connectivity index (χ1) is 8.10. The van der Waals surface area contributed by atoms with E-state index in [1.54, 1.807) is 11.3 Å². The molecule has 3 N–H and O–H groups in total. The van der Waals surface area contributed by atoms with Crippen molar-refractivity contribution in [2.75, 3.05) is 13.6 Å². The summed E-state index contributed by atoms with van der Waals surface area (Å²) >= 11 is 1.80. The predicted molar refractivity (Wildman–Crippen MR) is 76.5 cm³/mol. The van der Waals surface area contributed by atoms with Gasteiger partial charge in [0, 0.05) is 10.7 Å². The number of nitrogens with two attached hydrogens (primary N) is 1. The van der Waals surface area contributed by atoms with E-state index in [1.807, 2.05) is 7.05 Å². The Bertz CT molecular complexity index is 502. The van der Waals surface area contributed by atoms with Crippen molar-refractivity contribution in [3.05, 3.63) is 35.2 Å². The van der Waals surface area contributed by atoms with E-state index >= 15 is 0 Å². The lowest BCUT2D eigenvalue weighted by Crippen LogP contribution is -2.37. The van der Waals surface area contributed by atoms with Crippen LogP contribution in [0.3, 0.4) is 0 Å². The van der Waals surface area contributed by atoms with Crippen molar-refractivity contribution in [2.45, 2.75) is 19.9 Å². The van der Waals surface area contributed by atoms with Gasteiger partial charge in [-0.2, -0.15) is 0 Å². The Balaban J connectivity index is 2.51. The van der Waals surface area contributed by atoms with Crippen LogP contribution in [0, 0.1) is 5.41 Å². The summed E-state index contributed by atoms with van der Waals surface area (Å²) in [6.45, 7) is 5.09. The standard InChI is InChI=1S/C14H20N2S/c1-14(2,9-15)13(16-3)11-8-17-12-7-5-4-6-10(11)12/h4-8,13,16H,9,15H2,1-3H3. The number of hydrogen-bond donors (Lipinski definition) is 2. The maximum atomic E-state index is 5.90. The van der Waals surface area contributed by atoms with Crippen LogP contribution < -0.4 is 11.1 Å². The van der Waals surface area contributed by atoms with Crippen molar-refractivity contribution >= 4 is 21.4 Å². The van der Waals surface area contributed by atoms with Crippen molar-refractivity contribution in [3.63, 3.8) is 0 Å². The molecule has 0 radical (unpaired) electrons. The molecule has 0 aliphatic heterocycles. The zero-order valence-electron chi connectivity index (χ0n) is 10.7. The minimum Gasteiger partial charge on any atom is -0.330 e. The topological polar surface area (TPSA) is 38.0 Å². The van der Waals surface area contributed by atoms with E-state index in [9.17, 15) is 0 Å². The van der Waals surface area contributed by atoms with Gasteiger partial charge in [-0.15, -0.1) is 11.3 Å². The molecule has 2 rings (SSSR count). The van der Waals surface area contributed by atoms with E-state index in [2.05, 4.69) is 48.8 Å². The van der Waals surface area contributed by atoms with Crippen molar-refractivity contribution < 1.29 is 0 Å². The lowest BCUT2D eigenvalue weighted by Gasteiger charge is -2.33. The molecule has 0 saturated carbocycles. The molecule has 0 spiro atoms. The van der Waals surface area contributed by atoms with Gasteiger partial charge in [0.25, 0.3) is 0 Å². The Kier molecular flexibility index (Phi) is 3.52. The highest BCUT2D eigenvalue weighted by atomic mass is 32.1. The SMILES string of the molecule is CNC(c1csc2ccccc12)C(C)(C)CN. The van der Waals surface area contributed by atoms with Crippen LogP contribution in [0.25, 0.3) is 10.1 Å². The molecule has 1 aromatic heterocycles. The molecule has 3 heteroatoms. The Morgan fingerprint density at radius 2 is 2.06 bits per heavy atom. The lowest BCUT2D eigenvalue weighted by molar-refractivity contribution is 0.267. The third-order valence-corrected chi connectivity index (χ3v) is 4.40. The second kappa shape index (κ2) is 4.77. The first-order valence-corrected chi connectivity index (χ1v) is 6.81. The van der Waals surface area contributed by atoms with Crippen molar-refractivity contribution in [3.8, 4) is 0 Å². The summed E-state index contributed by atoms with van der Waals surface area (Å²) in [6, 6.07) is 8.85. The van der Waals surface area contributed by atoms with Crippen LogP contribution in [-0.4, -0.2) is 13.6 Å². The smallest absolute Gasteiger partial charge is 0.0396 e.